The second kappa shape index (κ2) is 7.76. The summed E-state index contributed by atoms with van der Waals surface area (Å²) in [7, 11) is -3.08. The monoisotopic (exact) mass is 428 g/mol. The molecule has 5 nitrogen and oxygen atoms in total. The topological polar surface area (TPSA) is 67.3 Å². The van der Waals surface area contributed by atoms with Crippen LogP contribution in [0, 0.1) is 0 Å². The van der Waals surface area contributed by atoms with Crippen molar-refractivity contribution in [1.82, 2.24) is 9.88 Å². The first kappa shape index (κ1) is 19.9. The largest absolute Gasteiger partial charge is 0.335 e. The Labute approximate surface area is 175 Å². The molecule has 1 aliphatic rings. The zero-order chi connectivity index (χ0) is 20.6. The quantitative estimate of drug-likeness (QED) is 0.624. The highest BCUT2D eigenvalue weighted by atomic mass is 35.5. The Kier molecular flexibility index (Phi) is 5.32. The van der Waals surface area contributed by atoms with E-state index >= 15 is 0 Å². The summed E-state index contributed by atoms with van der Waals surface area (Å²) in [4.78, 5) is 19.9. The van der Waals surface area contributed by atoms with E-state index in [0.29, 0.717) is 29.2 Å². The fourth-order valence-electron chi connectivity index (χ4n) is 3.86. The molecule has 3 aromatic rings. The number of para-hydroxylation sites is 1. The van der Waals surface area contributed by atoms with E-state index in [9.17, 15) is 13.2 Å². The van der Waals surface area contributed by atoms with E-state index in [1.165, 1.54) is 0 Å². The number of carbonyl (C=O) groups is 1. The Bertz CT molecular complexity index is 1180. The van der Waals surface area contributed by atoms with E-state index in [4.69, 9.17) is 16.6 Å². The van der Waals surface area contributed by atoms with Crippen LogP contribution in [-0.4, -0.2) is 48.3 Å². The number of benzene rings is 2. The number of hydrogen-bond acceptors (Lipinski definition) is 4. The Morgan fingerprint density at radius 2 is 1.90 bits per heavy atom. The molecule has 1 aromatic heterocycles. The van der Waals surface area contributed by atoms with Crippen LogP contribution in [0.1, 0.15) is 23.7 Å². The van der Waals surface area contributed by atoms with Crippen molar-refractivity contribution in [1.29, 1.82) is 0 Å². The van der Waals surface area contributed by atoms with Gasteiger partial charge in [-0.3, -0.25) is 4.79 Å². The van der Waals surface area contributed by atoms with Gasteiger partial charge in [-0.05, 0) is 37.6 Å². The second-order valence-corrected chi connectivity index (χ2v) is 9.89. The van der Waals surface area contributed by atoms with E-state index in [1.54, 1.807) is 23.1 Å². The Balaban J connectivity index is 1.81. The molecule has 0 radical (unpaired) electrons. The number of sulfone groups is 1. The standard InChI is InChI=1S/C22H21ClN2O3S/c1-2-25(17-11-12-29(27,28)14-17)22(26)19-13-21(15-7-9-16(23)10-8-15)24-20-6-4-3-5-18(19)20/h3-10,13,17H,2,11-12,14H2,1H3. The van der Waals surface area contributed by atoms with Crippen molar-refractivity contribution < 1.29 is 13.2 Å². The van der Waals surface area contributed by atoms with Crippen molar-refractivity contribution in [2.45, 2.75) is 19.4 Å². The molecule has 1 saturated heterocycles. The normalized spacial score (nSPS) is 18.1. The van der Waals surface area contributed by atoms with E-state index < -0.39 is 9.84 Å². The molecule has 0 bridgehead atoms. The summed E-state index contributed by atoms with van der Waals surface area (Å²) in [6.45, 7) is 2.33. The number of aromatic nitrogens is 1. The molecule has 150 valence electrons. The summed E-state index contributed by atoms with van der Waals surface area (Å²) < 4.78 is 23.9. The molecule has 1 fully saturated rings. The lowest BCUT2D eigenvalue weighted by Gasteiger charge is -2.27. The van der Waals surface area contributed by atoms with Crippen molar-refractivity contribution >= 4 is 38.2 Å². The van der Waals surface area contributed by atoms with Gasteiger partial charge >= 0.3 is 0 Å². The van der Waals surface area contributed by atoms with E-state index in [0.717, 1.165) is 16.5 Å². The van der Waals surface area contributed by atoms with Crippen LogP contribution in [0.4, 0.5) is 0 Å². The number of amides is 1. The van der Waals surface area contributed by atoms with Gasteiger partial charge in [-0.15, -0.1) is 0 Å². The molecule has 2 aromatic carbocycles. The predicted octanol–water partition coefficient (Wildman–Crippen LogP) is 4.20. The lowest BCUT2D eigenvalue weighted by Crippen LogP contribution is -2.41. The molecule has 2 heterocycles. The SMILES string of the molecule is CCN(C(=O)c1cc(-c2ccc(Cl)cc2)nc2ccccc12)C1CCS(=O)(=O)C1. The van der Waals surface area contributed by atoms with Gasteiger partial charge in [0.1, 0.15) is 0 Å². The first-order valence-corrected chi connectivity index (χ1v) is 11.7. The predicted molar refractivity (Wildman–Crippen MR) is 116 cm³/mol. The van der Waals surface area contributed by atoms with Crippen molar-refractivity contribution in [2.24, 2.45) is 0 Å². The van der Waals surface area contributed by atoms with Crippen molar-refractivity contribution in [3.8, 4) is 11.3 Å². The van der Waals surface area contributed by atoms with Crippen LogP contribution in [0.25, 0.3) is 22.2 Å². The highest BCUT2D eigenvalue weighted by Crippen LogP contribution is 2.28. The number of fused-ring (bicyclic) bond motifs is 1. The van der Waals surface area contributed by atoms with Crippen LogP contribution in [0.15, 0.2) is 54.6 Å². The summed E-state index contributed by atoms with van der Waals surface area (Å²) in [6.07, 6.45) is 0.481. The van der Waals surface area contributed by atoms with E-state index in [-0.39, 0.29) is 23.5 Å². The molecule has 1 amide bonds. The zero-order valence-electron chi connectivity index (χ0n) is 16.0. The average Bonchev–Trinajstić information content (AvgIpc) is 3.07. The van der Waals surface area contributed by atoms with Crippen molar-refractivity contribution in [3.05, 3.63) is 65.2 Å². The summed E-state index contributed by atoms with van der Waals surface area (Å²) in [5.41, 5.74) is 2.80. The lowest BCUT2D eigenvalue weighted by molar-refractivity contribution is 0.0710. The van der Waals surface area contributed by atoms with Gasteiger partial charge in [-0.25, -0.2) is 13.4 Å². The van der Waals surface area contributed by atoms with Gasteiger partial charge in [-0.1, -0.05) is 41.9 Å². The molecule has 1 aliphatic heterocycles. The number of rotatable bonds is 4. The maximum Gasteiger partial charge on any atom is 0.254 e. The van der Waals surface area contributed by atoms with Crippen LogP contribution in [0.5, 0.6) is 0 Å². The minimum Gasteiger partial charge on any atom is -0.335 e. The third kappa shape index (κ3) is 4.00. The van der Waals surface area contributed by atoms with E-state index in [1.807, 2.05) is 43.3 Å². The third-order valence-corrected chi connectivity index (χ3v) is 7.34. The molecule has 29 heavy (non-hydrogen) atoms. The number of hydrogen-bond donors (Lipinski definition) is 0. The number of carbonyl (C=O) groups excluding carboxylic acids is 1. The molecule has 1 unspecified atom stereocenters. The Hall–Kier alpha value is -2.44. The van der Waals surface area contributed by atoms with Gasteiger partial charge in [0.15, 0.2) is 9.84 Å². The van der Waals surface area contributed by atoms with Crippen LogP contribution in [-0.2, 0) is 9.84 Å². The minimum atomic E-state index is -3.08. The van der Waals surface area contributed by atoms with Gasteiger partial charge in [-0.2, -0.15) is 0 Å². The summed E-state index contributed by atoms with van der Waals surface area (Å²) in [6, 6.07) is 16.3. The van der Waals surface area contributed by atoms with Crippen LogP contribution in [0.2, 0.25) is 5.02 Å². The first-order chi connectivity index (χ1) is 13.9. The number of nitrogens with zero attached hydrogens (tertiary/aromatic N) is 2. The third-order valence-electron chi connectivity index (χ3n) is 5.34. The van der Waals surface area contributed by atoms with Gasteiger partial charge in [0.25, 0.3) is 5.91 Å². The summed E-state index contributed by atoms with van der Waals surface area (Å²) in [5.74, 6) is -0.00259. The number of pyridine rings is 1. The van der Waals surface area contributed by atoms with E-state index in [2.05, 4.69) is 0 Å². The van der Waals surface area contributed by atoms with Crippen LogP contribution < -0.4 is 0 Å². The smallest absolute Gasteiger partial charge is 0.254 e. The maximum atomic E-state index is 13.5. The number of halogens is 1. The van der Waals surface area contributed by atoms with Crippen LogP contribution in [0.3, 0.4) is 0 Å². The lowest BCUT2D eigenvalue weighted by atomic mass is 10.0. The van der Waals surface area contributed by atoms with Crippen molar-refractivity contribution in [3.63, 3.8) is 0 Å². The highest BCUT2D eigenvalue weighted by molar-refractivity contribution is 7.91. The molecule has 0 N–H and O–H groups in total. The van der Waals surface area contributed by atoms with Gasteiger partial charge in [0, 0.05) is 28.6 Å². The summed E-state index contributed by atoms with van der Waals surface area (Å²) >= 11 is 6.00. The Morgan fingerprint density at radius 1 is 1.17 bits per heavy atom. The Morgan fingerprint density at radius 3 is 2.55 bits per heavy atom. The molecule has 0 aliphatic carbocycles. The van der Waals surface area contributed by atoms with Gasteiger partial charge in [0.05, 0.1) is 28.3 Å². The molecule has 1 atom stereocenters. The second-order valence-electron chi connectivity index (χ2n) is 7.23. The average molecular weight is 429 g/mol. The summed E-state index contributed by atoms with van der Waals surface area (Å²) in [5, 5.41) is 1.39. The molecule has 7 heteroatoms. The highest BCUT2D eigenvalue weighted by Gasteiger charge is 2.34. The molecule has 4 rings (SSSR count). The van der Waals surface area contributed by atoms with Crippen molar-refractivity contribution in [2.75, 3.05) is 18.1 Å². The van der Waals surface area contributed by atoms with Gasteiger partial charge in [0.2, 0.25) is 0 Å². The minimum absolute atomic E-state index is 0.0274. The first-order valence-electron chi connectivity index (χ1n) is 9.55. The maximum absolute atomic E-state index is 13.5. The molecular weight excluding hydrogens is 408 g/mol. The zero-order valence-corrected chi connectivity index (χ0v) is 17.6. The fraction of sp³-hybridized carbons (Fsp3) is 0.273. The van der Waals surface area contributed by atoms with Crippen LogP contribution >= 0.6 is 11.6 Å². The van der Waals surface area contributed by atoms with Gasteiger partial charge < -0.3 is 4.90 Å². The fourth-order valence-corrected chi connectivity index (χ4v) is 5.72. The molecule has 0 saturated carbocycles. The molecular formula is C22H21ClN2O3S. The molecule has 0 spiro atoms.